The van der Waals surface area contributed by atoms with Crippen molar-refractivity contribution in [2.75, 3.05) is 24.5 Å². The monoisotopic (exact) mass is 296 g/mol. The van der Waals surface area contributed by atoms with Crippen LogP contribution >= 0.6 is 11.3 Å². The van der Waals surface area contributed by atoms with E-state index in [-0.39, 0.29) is 11.7 Å². The number of rotatable bonds is 2. The maximum Gasteiger partial charge on any atom is 0.407 e. The highest BCUT2D eigenvalue weighted by molar-refractivity contribution is 7.13. The molecule has 2 amide bonds. The number of thiazole rings is 1. The first kappa shape index (κ1) is 13.2. The summed E-state index contributed by atoms with van der Waals surface area (Å²) in [6.45, 7) is 2.16. The summed E-state index contributed by atoms with van der Waals surface area (Å²) in [4.78, 5) is 28.7. The van der Waals surface area contributed by atoms with E-state index in [1.807, 2.05) is 0 Å². The standard InChI is InChI=1S/C12H16N4O3S/c13-9(17)8-6-20-10(15-8)16-4-1-2-12(3-5-16)7-14-11(18)19-12/h6H,1-5,7H2,(H2,13,17)(H,14,18)/t12-/m0/s1. The van der Waals surface area contributed by atoms with Crippen molar-refractivity contribution >= 4 is 28.5 Å². The van der Waals surface area contributed by atoms with Crippen molar-refractivity contribution in [2.24, 2.45) is 5.73 Å². The van der Waals surface area contributed by atoms with E-state index < -0.39 is 5.91 Å². The molecule has 7 nitrogen and oxygen atoms in total. The minimum atomic E-state index is -0.507. The van der Waals surface area contributed by atoms with Gasteiger partial charge in [-0.05, 0) is 12.8 Å². The summed E-state index contributed by atoms with van der Waals surface area (Å²) in [6.07, 6.45) is 2.19. The molecule has 0 aliphatic carbocycles. The molecule has 1 spiro atoms. The number of nitrogens with one attached hydrogen (secondary N) is 1. The van der Waals surface area contributed by atoms with E-state index in [0.717, 1.165) is 37.5 Å². The van der Waals surface area contributed by atoms with Crippen molar-refractivity contribution in [3.05, 3.63) is 11.1 Å². The first-order chi connectivity index (χ1) is 9.58. The van der Waals surface area contributed by atoms with Crippen LogP contribution in [0.15, 0.2) is 5.38 Å². The van der Waals surface area contributed by atoms with Crippen molar-refractivity contribution in [3.63, 3.8) is 0 Å². The van der Waals surface area contributed by atoms with Crippen molar-refractivity contribution in [1.82, 2.24) is 10.3 Å². The first-order valence-electron chi connectivity index (χ1n) is 6.55. The predicted molar refractivity (Wildman–Crippen MR) is 73.9 cm³/mol. The number of nitrogens with two attached hydrogens (primary N) is 1. The quantitative estimate of drug-likeness (QED) is 0.837. The lowest BCUT2D eigenvalue weighted by Crippen LogP contribution is -2.34. The summed E-state index contributed by atoms with van der Waals surface area (Å²) >= 11 is 1.42. The lowest BCUT2D eigenvalue weighted by molar-refractivity contribution is 0.0473. The van der Waals surface area contributed by atoms with Gasteiger partial charge in [-0.2, -0.15) is 0 Å². The maximum atomic E-state index is 11.2. The summed E-state index contributed by atoms with van der Waals surface area (Å²) in [5.41, 5.74) is 5.14. The van der Waals surface area contributed by atoms with Gasteiger partial charge in [-0.3, -0.25) is 4.79 Å². The molecule has 0 bridgehead atoms. The third-order valence-electron chi connectivity index (χ3n) is 3.78. The minimum Gasteiger partial charge on any atom is -0.441 e. The number of alkyl carbamates (subject to hydrolysis) is 1. The summed E-state index contributed by atoms with van der Waals surface area (Å²) < 4.78 is 5.43. The Morgan fingerprint density at radius 1 is 1.50 bits per heavy atom. The van der Waals surface area contributed by atoms with Gasteiger partial charge in [-0.1, -0.05) is 0 Å². The molecule has 2 aliphatic rings. The summed E-state index contributed by atoms with van der Waals surface area (Å²) in [7, 11) is 0. The van der Waals surface area contributed by atoms with Crippen molar-refractivity contribution in [2.45, 2.75) is 24.9 Å². The van der Waals surface area contributed by atoms with Crippen LogP contribution in [-0.4, -0.2) is 42.2 Å². The fourth-order valence-electron chi connectivity index (χ4n) is 2.66. The van der Waals surface area contributed by atoms with E-state index in [0.29, 0.717) is 12.2 Å². The zero-order valence-electron chi connectivity index (χ0n) is 10.9. The molecule has 0 aromatic carbocycles. The molecule has 108 valence electrons. The number of ether oxygens (including phenoxy) is 1. The second-order valence-electron chi connectivity index (χ2n) is 5.15. The van der Waals surface area contributed by atoms with Crippen LogP contribution in [0.2, 0.25) is 0 Å². The second kappa shape index (κ2) is 4.93. The highest BCUT2D eigenvalue weighted by atomic mass is 32.1. The predicted octanol–water partition coefficient (Wildman–Crippen LogP) is 0.711. The highest BCUT2D eigenvalue weighted by Gasteiger charge is 2.41. The van der Waals surface area contributed by atoms with Gasteiger partial charge in [0.2, 0.25) is 0 Å². The molecule has 1 aromatic rings. The number of anilines is 1. The molecule has 0 radical (unpaired) electrons. The Kier molecular flexibility index (Phi) is 3.25. The molecule has 3 rings (SSSR count). The lowest BCUT2D eigenvalue weighted by Gasteiger charge is -2.24. The fraction of sp³-hybridized carbons (Fsp3) is 0.583. The van der Waals surface area contributed by atoms with Gasteiger partial charge in [0.15, 0.2) is 5.13 Å². The number of carbonyl (C=O) groups is 2. The molecule has 1 atom stereocenters. The van der Waals surface area contributed by atoms with E-state index in [1.165, 1.54) is 11.3 Å². The SMILES string of the molecule is NC(=O)c1csc(N2CCC[C@]3(CC2)CNC(=O)O3)n1. The molecule has 2 saturated heterocycles. The molecular formula is C12H16N4O3S. The third kappa shape index (κ3) is 2.43. The van der Waals surface area contributed by atoms with Crippen LogP contribution in [0.3, 0.4) is 0 Å². The average molecular weight is 296 g/mol. The van der Waals surface area contributed by atoms with E-state index in [9.17, 15) is 9.59 Å². The largest absolute Gasteiger partial charge is 0.441 e. The van der Waals surface area contributed by atoms with E-state index in [2.05, 4.69) is 15.2 Å². The molecular weight excluding hydrogens is 280 g/mol. The second-order valence-corrected chi connectivity index (χ2v) is 5.98. The molecule has 0 saturated carbocycles. The van der Waals surface area contributed by atoms with Crippen LogP contribution in [0, 0.1) is 0 Å². The van der Waals surface area contributed by atoms with Crippen molar-refractivity contribution in [1.29, 1.82) is 0 Å². The lowest BCUT2D eigenvalue weighted by atomic mass is 9.95. The number of aromatic nitrogens is 1. The number of primary amides is 1. The zero-order chi connectivity index (χ0) is 14.2. The molecule has 2 aliphatic heterocycles. The molecule has 3 heterocycles. The van der Waals surface area contributed by atoms with Crippen molar-refractivity contribution in [3.8, 4) is 0 Å². The fourth-order valence-corrected chi connectivity index (χ4v) is 3.53. The number of hydrogen-bond donors (Lipinski definition) is 2. The van der Waals surface area contributed by atoms with Crippen LogP contribution in [0.1, 0.15) is 29.8 Å². The van der Waals surface area contributed by atoms with Crippen LogP contribution in [0.5, 0.6) is 0 Å². The van der Waals surface area contributed by atoms with Crippen LogP contribution < -0.4 is 16.0 Å². The smallest absolute Gasteiger partial charge is 0.407 e. The van der Waals surface area contributed by atoms with Gasteiger partial charge >= 0.3 is 6.09 Å². The number of nitrogens with zero attached hydrogens (tertiary/aromatic N) is 2. The number of hydrogen-bond acceptors (Lipinski definition) is 6. The van der Waals surface area contributed by atoms with E-state index in [4.69, 9.17) is 10.5 Å². The summed E-state index contributed by atoms with van der Waals surface area (Å²) in [5.74, 6) is -0.507. The Labute approximate surface area is 120 Å². The van der Waals surface area contributed by atoms with Gasteiger partial charge in [0, 0.05) is 24.9 Å². The van der Waals surface area contributed by atoms with Gasteiger partial charge in [0.1, 0.15) is 11.3 Å². The van der Waals surface area contributed by atoms with Gasteiger partial charge < -0.3 is 20.7 Å². The Hall–Kier alpha value is -1.83. The van der Waals surface area contributed by atoms with Gasteiger partial charge in [0.05, 0.1) is 6.54 Å². The first-order valence-corrected chi connectivity index (χ1v) is 7.43. The minimum absolute atomic E-state index is 0.304. The van der Waals surface area contributed by atoms with Crippen LogP contribution in [-0.2, 0) is 4.74 Å². The number of amides is 2. The topological polar surface area (TPSA) is 97.6 Å². The zero-order valence-corrected chi connectivity index (χ0v) is 11.7. The Balaban J connectivity index is 1.70. The van der Waals surface area contributed by atoms with E-state index >= 15 is 0 Å². The molecule has 3 N–H and O–H groups in total. The van der Waals surface area contributed by atoms with Gasteiger partial charge in [-0.25, -0.2) is 9.78 Å². The average Bonchev–Trinajstić information content (AvgIpc) is 2.96. The van der Waals surface area contributed by atoms with Gasteiger partial charge in [0.25, 0.3) is 5.91 Å². The third-order valence-corrected chi connectivity index (χ3v) is 4.68. The number of carbonyl (C=O) groups excluding carboxylic acids is 2. The highest BCUT2D eigenvalue weighted by Crippen LogP contribution is 2.32. The molecule has 0 unspecified atom stereocenters. The Morgan fingerprint density at radius 3 is 3.00 bits per heavy atom. The van der Waals surface area contributed by atoms with Crippen LogP contribution in [0.4, 0.5) is 9.93 Å². The van der Waals surface area contributed by atoms with Crippen LogP contribution in [0.25, 0.3) is 0 Å². The van der Waals surface area contributed by atoms with Gasteiger partial charge in [-0.15, -0.1) is 11.3 Å². The molecule has 20 heavy (non-hydrogen) atoms. The molecule has 8 heteroatoms. The summed E-state index contributed by atoms with van der Waals surface area (Å²) in [6, 6.07) is 0. The van der Waals surface area contributed by atoms with E-state index in [1.54, 1.807) is 5.38 Å². The van der Waals surface area contributed by atoms with Crippen molar-refractivity contribution < 1.29 is 14.3 Å². The maximum absolute atomic E-state index is 11.2. The molecule has 2 fully saturated rings. The molecule has 1 aromatic heterocycles. The summed E-state index contributed by atoms with van der Waals surface area (Å²) in [5, 5.41) is 5.20. The Bertz CT molecular complexity index is 547. The normalized spacial score (nSPS) is 26.2. The Morgan fingerprint density at radius 2 is 2.35 bits per heavy atom.